The number of nitrogens with zero attached hydrogens (tertiary/aromatic N) is 1. The number of hydrogen-bond donors (Lipinski definition) is 1. The molecular weight excluding hydrogens is 392 g/mol. The number of halogens is 1. The van der Waals surface area contributed by atoms with Crippen LogP contribution in [0.2, 0.25) is 5.02 Å². The van der Waals surface area contributed by atoms with Crippen molar-refractivity contribution < 1.29 is 18.7 Å². The minimum absolute atomic E-state index is 0.103. The van der Waals surface area contributed by atoms with Crippen LogP contribution in [0.25, 0.3) is 11.3 Å². The van der Waals surface area contributed by atoms with Crippen molar-refractivity contribution in [3.05, 3.63) is 65.1 Å². The summed E-state index contributed by atoms with van der Waals surface area (Å²) in [4.78, 5) is 16.7. The Morgan fingerprint density at radius 1 is 1.17 bits per heavy atom. The minimum Gasteiger partial charge on any atom is -0.497 e. The second-order valence-corrected chi connectivity index (χ2v) is 6.96. The first-order chi connectivity index (χ1) is 14.0. The minimum atomic E-state index is -0.235. The lowest BCUT2D eigenvalue weighted by Crippen LogP contribution is -2.27. The lowest BCUT2D eigenvalue weighted by atomic mass is 10.1. The van der Waals surface area contributed by atoms with Gasteiger partial charge < -0.3 is 19.2 Å². The first-order valence-corrected chi connectivity index (χ1v) is 9.60. The molecule has 7 heteroatoms. The molecule has 1 aromatic heterocycles. The number of hydrogen-bond acceptors (Lipinski definition) is 5. The maximum atomic E-state index is 12.4. The van der Waals surface area contributed by atoms with Crippen molar-refractivity contribution in [3.8, 4) is 22.8 Å². The molecule has 0 unspecified atom stereocenters. The van der Waals surface area contributed by atoms with Gasteiger partial charge in [0.25, 0.3) is 0 Å². The van der Waals surface area contributed by atoms with Crippen molar-refractivity contribution in [3.63, 3.8) is 0 Å². The monoisotopic (exact) mass is 414 g/mol. The molecule has 6 nitrogen and oxygen atoms in total. The van der Waals surface area contributed by atoms with Gasteiger partial charge in [-0.2, -0.15) is 0 Å². The summed E-state index contributed by atoms with van der Waals surface area (Å²) in [7, 11) is 3.20. The molecule has 0 radical (unpaired) electrons. The summed E-state index contributed by atoms with van der Waals surface area (Å²) in [5, 5.41) is 3.64. The number of methoxy groups -OCH3 is 2. The highest BCUT2D eigenvalue weighted by atomic mass is 35.5. The van der Waals surface area contributed by atoms with Crippen molar-refractivity contribution in [2.75, 3.05) is 14.2 Å². The van der Waals surface area contributed by atoms with Crippen LogP contribution in [-0.2, 0) is 11.2 Å². The third-order valence-corrected chi connectivity index (χ3v) is 4.78. The highest BCUT2D eigenvalue weighted by molar-refractivity contribution is 6.30. The Labute approximate surface area is 174 Å². The Kier molecular flexibility index (Phi) is 6.77. The summed E-state index contributed by atoms with van der Waals surface area (Å²) in [6.45, 7) is 1.90. The van der Waals surface area contributed by atoms with Gasteiger partial charge in [0.05, 0.1) is 26.5 Å². The SMILES string of the molecule is COc1ccc(OC)c([C@@H](C)NC(=O)CCc2ncc(-c3ccc(Cl)cc3)o2)c1. The maximum Gasteiger partial charge on any atom is 0.220 e. The van der Waals surface area contributed by atoms with Gasteiger partial charge in [0, 0.05) is 29.0 Å². The summed E-state index contributed by atoms with van der Waals surface area (Å²) in [5.74, 6) is 2.45. The van der Waals surface area contributed by atoms with E-state index >= 15 is 0 Å². The van der Waals surface area contributed by atoms with Crippen molar-refractivity contribution in [2.24, 2.45) is 0 Å². The zero-order chi connectivity index (χ0) is 20.8. The van der Waals surface area contributed by atoms with Gasteiger partial charge in [-0.05, 0) is 49.4 Å². The molecule has 152 valence electrons. The van der Waals surface area contributed by atoms with Crippen LogP contribution in [0.1, 0.15) is 30.8 Å². The van der Waals surface area contributed by atoms with Crippen LogP contribution >= 0.6 is 11.6 Å². The third kappa shape index (κ3) is 5.29. The fourth-order valence-corrected chi connectivity index (χ4v) is 3.09. The standard InChI is InChI=1S/C22H23ClN2O4/c1-14(18-12-17(27-2)8-9-19(18)28-3)25-21(26)10-11-22-24-13-20(29-22)15-4-6-16(23)7-5-15/h4-9,12-14H,10-11H2,1-3H3,(H,25,26)/t14-/m1/s1. The number of carbonyl (C=O) groups excluding carboxylic acids is 1. The van der Waals surface area contributed by atoms with E-state index in [1.165, 1.54) is 0 Å². The number of amides is 1. The van der Waals surface area contributed by atoms with Gasteiger partial charge in [0.2, 0.25) is 5.91 Å². The molecule has 0 aliphatic carbocycles. The molecule has 0 spiro atoms. The quantitative estimate of drug-likeness (QED) is 0.571. The van der Waals surface area contributed by atoms with E-state index in [-0.39, 0.29) is 18.4 Å². The normalized spacial score (nSPS) is 11.7. The van der Waals surface area contributed by atoms with Crippen molar-refractivity contribution in [1.82, 2.24) is 10.3 Å². The van der Waals surface area contributed by atoms with Crippen molar-refractivity contribution in [1.29, 1.82) is 0 Å². The Morgan fingerprint density at radius 2 is 1.93 bits per heavy atom. The number of benzene rings is 2. The highest BCUT2D eigenvalue weighted by Gasteiger charge is 2.16. The number of nitrogens with one attached hydrogen (secondary N) is 1. The predicted molar refractivity (Wildman–Crippen MR) is 111 cm³/mol. The van der Waals surface area contributed by atoms with Gasteiger partial charge in [-0.25, -0.2) is 4.98 Å². The van der Waals surface area contributed by atoms with Crippen LogP contribution in [-0.4, -0.2) is 25.1 Å². The smallest absolute Gasteiger partial charge is 0.220 e. The molecule has 0 saturated carbocycles. The van der Waals surface area contributed by atoms with Gasteiger partial charge in [-0.15, -0.1) is 0 Å². The highest BCUT2D eigenvalue weighted by Crippen LogP contribution is 2.29. The van der Waals surface area contributed by atoms with E-state index in [0.29, 0.717) is 34.6 Å². The molecule has 1 N–H and O–H groups in total. The zero-order valence-electron chi connectivity index (χ0n) is 16.6. The molecule has 1 amide bonds. The molecule has 0 aliphatic heterocycles. The average Bonchev–Trinajstić information content (AvgIpc) is 3.21. The second kappa shape index (κ2) is 9.47. The Balaban J connectivity index is 1.58. The first-order valence-electron chi connectivity index (χ1n) is 9.22. The van der Waals surface area contributed by atoms with Crippen LogP contribution in [0, 0.1) is 0 Å². The summed E-state index contributed by atoms with van der Waals surface area (Å²) in [5.41, 5.74) is 1.73. The number of carbonyl (C=O) groups is 1. The van der Waals surface area contributed by atoms with E-state index in [4.69, 9.17) is 25.5 Å². The number of ether oxygens (including phenoxy) is 2. The Hall–Kier alpha value is -2.99. The molecule has 3 aromatic rings. The molecule has 0 saturated heterocycles. The van der Waals surface area contributed by atoms with E-state index in [9.17, 15) is 4.79 Å². The average molecular weight is 415 g/mol. The van der Waals surface area contributed by atoms with Crippen LogP contribution in [0.5, 0.6) is 11.5 Å². The van der Waals surface area contributed by atoms with Gasteiger partial charge in [0.1, 0.15) is 11.5 Å². The molecule has 0 fully saturated rings. The largest absolute Gasteiger partial charge is 0.497 e. The summed E-state index contributed by atoms with van der Waals surface area (Å²) in [6.07, 6.45) is 2.32. The number of aryl methyl sites for hydroxylation is 1. The molecule has 0 aliphatic rings. The van der Waals surface area contributed by atoms with E-state index in [1.807, 2.05) is 37.3 Å². The van der Waals surface area contributed by atoms with Gasteiger partial charge in [-0.1, -0.05) is 11.6 Å². The van der Waals surface area contributed by atoms with Crippen LogP contribution in [0.4, 0.5) is 0 Å². The molecule has 1 heterocycles. The summed E-state index contributed by atoms with van der Waals surface area (Å²) < 4.78 is 16.4. The number of aromatic nitrogens is 1. The van der Waals surface area contributed by atoms with Crippen LogP contribution < -0.4 is 14.8 Å². The van der Waals surface area contributed by atoms with Gasteiger partial charge in [-0.3, -0.25) is 4.79 Å². The van der Waals surface area contributed by atoms with Crippen molar-refractivity contribution in [2.45, 2.75) is 25.8 Å². The maximum absolute atomic E-state index is 12.4. The van der Waals surface area contributed by atoms with Crippen LogP contribution in [0.15, 0.2) is 53.1 Å². The summed E-state index contributed by atoms with van der Waals surface area (Å²) in [6, 6.07) is 12.6. The molecule has 2 aromatic carbocycles. The van der Waals surface area contributed by atoms with E-state index in [2.05, 4.69) is 10.3 Å². The predicted octanol–water partition coefficient (Wildman–Crippen LogP) is 4.82. The van der Waals surface area contributed by atoms with Gasteiger partial charge >= 0.3 is 0 Å². The lowest BCUT2D eigenvalue weighted by Gasteiger charge is -2.18. The third-order valence-electron chi connectivity index (χ3n) is 4.53. The molecular formula is C22H23ClN2O4. The zero-order valence-corrected chi connectivity index (χ0v) is 17.3. The van der Waals surface area contributed by atoms with E-state index < -0.39 is 0 Å². The molecule has 0 bridgehead atoms. The second-order valence-electron chi connectivity index (χ2n) is 6.52. The molecule has 29 heavy (non-hydrogen) atoms. The molecule has 1 atom stereocenters. The van der Waals surface area contributed by atoms with Crippen molar-refractivity contribution >= 4 is 17.5 Å². The van der Waals surface area contributed by atoms with E-state index in [1.54, 1.807) is 32.5 Å². The molecule has 3 rings (SSSR count). The first kappa shape index (κ1) is 20.7. The number of oxazole rings is 1. The number of rotatable bonds is 8. The topological polar surface area (TPSA) is 73.6 Å². The fourth-order valence-electron chi connectivity index (χ4n) is 2.96. The Bertz CT molecular complexity index is 969. The fraction of sp³-hybridized carbons (Fsp3) is 0.273. The summed E-state index contributed by atoms with van der Waals surface area (Å²) >= 11 is 5.91. The lowest BCUT2D eigenvalue weighted by molar-refractivity contribution is -0.121. The Morgan fingerprint density at radius 3 is 2.62 bits per heavy atom. The van der Waals surface area contributed by atoms with Crippen LogP contribution in [0.3, 0.4) is 0 Å². The van der Waals surface area contributed by atoms with Gasteiger partial charge in [0.15, 0.2) is 11.7 Å². The van der Waals surface area contributed by atoms with E-state index in [0.717, 1.165) is 11.1 Å².